The largest absolute Gasteiger partial charge is 0.416 e. The summed E-state index contributed by atoms with van der Waals surface area (Å²) in [5, 5.41) is 1.90. The Morgan fingerprint density at radius 2 is 1.85 bits per heavy atom. The van der Waals surface area contributed by atoms with Crippen molar-refractivity contribution in [2.75, 3.05) is 18.0 Å². The second-order valence-corrected chi connectivity index (χ2v) is 11.3. The molecule has 1 aliphatic heterocycles. The SMILES string of the molecule is O=S(=O)(c1cccc(C(F)(F)F)c1)C1CCN(c2nc(Cc3ccc(Cl)c(F)c3)cs2)CC1. The first-order chi connectivity index (χ1) is 15.5. The van der Waals surface area contributed by atoms with Crippen LogP contribution in [-0.2, 0) is 22.4 Å². The van der Waals surface area contributed by atoms with E-state index in [-0.39, 0.29) is 22.8 Å². The fourth-order valence-corrected chi connectivity index (χ4v) is 6.55. The molecule has 2 heterocycles. The van der Waals surface area contributed by atoms with E-state index in [1.165, 1.54) is 29.5 Å². The Bertz CT molecular complexity index is 1250. The van der Waals surface area contributed by atoms with Crippen LogP contribution in [-0.4, -0.2) is 31.7 Å². The molecule has 176 valence electrons. The minimum absolute atomic E-state index is 0.0562. The molecule has 0 N–H and O–H groups in total. The van der Waals surface area contributed by atoms with E-state index in [2.05, 4.69) is 4.98 Å². The van der Waals surface area contributed by atoms with Crippen LogP contribution in [0, 0.1) is 5.82 Å². The zero-order valence-corrected chi connectivity index (χ0v) is 19.5. The van der Waals surface area contributed by atoms with Gasteiger partial charge in [0.1, 0.15) is 5.82 Å². The van der Waals surface area contributed by atoms with Crippen molar-refractivity contribution < 1.29 is 26.0 Å². The van der Waals surface area contributed by atoms with Gasteiger partial charge in [0.2, 0.25) is 0 Å². The number of nitrogens with zero attached hydrogens (tertiary/aromatic N) is 2. The van der Waals surface area contributed by atoms with E-state index in [1.807, 2.05) is 10.3 Å². The van der Waals surface area contributed by atoms with Crippen LogP contribution in [0.4, 0.5) is 22.7 Å². The van der Waals surface area contributed by atoms with Crippen LogP contribution < -0.4 is 4.90 Å². The van der Waals surface area contributed by atoms with Crippen molar-refractivity contribution in [3.05, 3.63) is 75.5 Å². The molecule has 0 unspecified atom stereocenters. The van der Waals surface area contributed by atoms with Crippen LogP contribution in [0.3, 0.4) is 0 Å². The first-order valence-corrected chi connectivity index (χ1v) is 12.9. The topological polar surface area (TPSA) is 50.3 Å². The molecule has 0 amide bonds. The summed E-state index contributed by atoms with van der Waals surface area (Å²) in [5.74, 6) is -0.492. The maximum absolute atomic E-state index is 13.7. The van der Waals surface area contributed by atoms with Crippen molar-refractivity contribution >= 4 is 37.9 Å². The summed E-state index contributed by atoms with van der Waals surface area (Å²) in [5.41, 5.74) is 0.520. The van der Waals surface area contributed by atoms with Crippen LogP contribution in [0.15, 0.2) is 52.7 Å². The molecular formula is C22H19ClF4N2O2S2. The van der Waals surface area contributed by atoms with E-state index in [1.54, 1.807) is 6.07 Å². The molecule has 0 spiro atoms. The third-order valence-corrected chi connectivity index (χ3v) is 9.07. The van der Waals surface area contributed by atoms with Crippen LogP contribution in [0.5, 0.6) is 0 Å². The molecule has 0 saturated carbocycles. The summed E-state index contributed by atoms with van der Waals surface area (Å²) < 4.78 is 78.5. The Morgan fingerprint density at radius 1 is 1.12 bits per heavy atom. The number of piperidine rings is 1. The van der Waals surface area contributed by atoms with E-state index in [4.69, 9.17) is 11.6 Å². The van der Waals surface area contributed by atoms with Gasteiger partial charge < -0.3 is 4.90 Å². The van der Waals surface area contributed by atoms with Crippen molar-refractivity contribution in [3.63, 3.8) is 0 Å². The lowest BCUT2D eigenvalue weighted by molar-refractivity contribution is -0.137. The highest BCUT2D eigenvalue weighted by Crippen LogP contribution is 2.33. The highest BCUT2D eigenvalue weighted by molar-refractivity contribution is 7.92. The number of halogens is 5. The number of sulfone groups is 1. The van der Waals surface area contributed by atoms with Gasteiger partial charge in [0.15, 0.2) is 15.0 Å². The van der Waals surface area contributed by atoms with Crippen molar-refractivity contribution in [2.24, 2.45) is 0 Å². The maximum atomic E-state index is 13.7. The summed E-state index contributed by atoms with van der Waals surface area (Å²) >= 11 is 7.12. The van der Waals surface area contributed by atoms with Crippen molar-refractivity contribution in [1.29, 1.82) is 0 Å². The molecule has 1 fully saturated rings. The molecule has 0 bridgehead atoms. The van der Waals surface area contributed by atoms with Crippen LogP contribution in [0.2, 0.25) is 5.02 Å². The fourth-order valence-electron chi connectivity index (χ4n) is 3.78. The molecule has 11 heteroatoms. The molecule has 0 radical (unpaired) electrons. The van der Waals surface area contributed by atoms with Gasteiger partial charge in [-0.25, -0.2) is 17.8 Å². The second-order valence-electron chi connectivity index (χ2n) is 7.80. The van der Waals surface area contributed by atoms with E-state index in [0.717, 1.165) is 28.5 Å². The normalized spacial score (nSPS) is 15.7. The number of hydrogen-bond donors (Lipinski definition) is 0. The Morgan fingerprint density at radius 3 is 2.52 bits per heavy atom. The summed E-state index contributed by atoms with van der Waals surface area (Å²) in [6.45, 7) is 0.844. The molecule has 1 aliphatic rings. The second kappa shape index (κ2) is 9.23. The Kier molecular flexibility index (Phi) is 6.70. The molecule has 4 rings (SSSR count). The average Bonchev–Trinajstić information content (AvgIpc) is 3.24. The summed E-state index contributed by atoms with van der Waals surface area (Å²) in [7, 11) is -3.88. The first-order valence-electron chi connectivity index (χ1n) is 10.1. The molecule has 0 aliphatic carbocycles. The summed E-state index contributed by atoms with van der Waals surface area (Å²) in [6, 6.07) is 8.49. The standard InChI is InChI=1S/C22H19ClF4N2O2S2/c23-19-5-4-14(11-20(19)24)10-16-13-32-21(28-16)29-8-6-17(7-9-29)33(30,31)18-3-1-2-15(12-18)22(25,26)27/h1-5,11-13,17H,6-10H2. The van der Waals surface area contributed by atoms with Crippen molar-refractivity contribution in [3.8, 4) is 0 Å². The molecule has 3 aromatic rings. The fraction of sp³-hybridized carbons (Fsp3) is 0.318. The Balaban J connectivity index is 1.41. The molecule has 2 aromatic carbocycles. The predicted octanol–water partition coefficient (Wildman–Crippen LogP) is 5.99. The van der Waals surface area contributed by atoms with Gasteiger partial charge in [0.25, 0.3) is 0 Å². The van der Waals surface area contributed by atoms with Crippen LogP contribution in [0.1, 0.15) is 29.7 Å². The zero-order chi connectivity index (χ0) is 23.8. The molecule has 33 heavy (non-hydrogen) atoms. The van der Waals surface area contributed by atoms with Crippen molar-refractivity contribution in [2.45, 2.75) is 35.6 Å². The number of aromatic nitrogens is 1. The quantitative estimate of drug-likeness (QED) is 0.389. The number of rotatable bonds is 5. The van der Waals surface area contributed by atoms with E-state index < -0.39 is 32.6 Å². The molecular weight excluding hydrogens is 500 g/mol. The number of hydrogen-bond acceptors (Lipinski definition) is 5. The van der Waals surface area contributed by atoms with Gasteiger partial charge in [-0.2, -0.15) is 13.2 Å². The van der Waals surface area contributed by atoms with Gasteiger partial charge in [-0.15, -0.1) is 11.3 Å². The van der Waals surface area contributed by atoms with Gasteiger partial charge in [-0.3, -0.25) is 0 Å². The zero-order valence-electron chi connectivity index (χ0n) is 17.1. The predicted molar refractivity (Wildman–Crippen MR) is 120 cm³/mol. The maximum Gasteiger partial charge on any atom is 0.416 e. The van der Waals surface area contributed by atoms with E-state index in [0.29, 0.717) is 25.6 Å². The van der Waals surface area contributed by atoms with Gasteiger partial charge >= 0.3 is 6.18 Å². The monoisotopic (exact) mass is 518 g/mol. The Hall–Kier alpha value is -2.17. The molecule has 4 nitrogen and oxygen atoms in total. The van der Waals surface area contributed by atoms with Gasteiger partial charge in [-0.1, -0.05) is 23.7 Å². The summed E-state index contributed by atoms with van der Waals surface area (Å²) in [6.07, 6.45) is -3.59. The van der Waals surface area contributed by atoms with E-state index in [9.17, 15) is 26.0 Å². The number of thiazole rings is 1. The third-order valence-electron chi connectivity index (χ3n) is 5.55. The molecule has 1 aromatic heterocycles. The molecule has 0 atom stereocenters. The summed E-state index contributed by atoms with van der Waals surface area (Å²) in [4.78, 5) is 6.24. The van der Waals surface area contributed by atoms with Crippen LogP contribution >= 0.6 is 22.9 Å². The van der Waals surface area contributed by atoms with Crippen molar-refractivity contribution in [1.82, 2.24) is 4.98 Å². The van der Waals surface area contributed by atoms with Gasteiger partial charge in [0, 0.05) is 24.9 Å². The van der Waals surface area contributed by atoms with Crippen LogP contribution in [0.25, 0.3) is 0 Å². The number of benzene rings is 2. The lowest BCUT2D eigenvalue weighted by atomic mass is 10.1. The number of anilines is 1. The lowest BCUT2D eigenvalue weighted by Gasteiger charge is -2.31. The van der Waals surface area contributed by atoms with E-state index >= 15 is 0 Å². The molecule has 1 saturated heterocycles. The highest BCUT2D eigenvalue weighted by Gasteiger charge is 2.35. The average molecular weight is 519 g/mol. The third kappa shape index (κ3) is 5.33. The minimum atomic E-state index is -4.60. The lowest BCUT2D eigenvalue weighted by Crippen LogP contribution is -2.39. The smallest absolute Gasteiger partial charge is 0.348 e. The highest BCUT2D eigenvalue weighted by atomic mass is 35.5. The van der Waals surface area contributed by atoms with Gasteiger partial charge in [-0.05, 0) is 48.7 Å². The Labute approximate surface area is 197 Å². The minimum Gasteiger partial charge on any atom is -0.348 e. The number of alkyl halides is 3. The first kappa shape index (κ1) is 24.0. The van der Waals surface area contributed by atoms with Gasteiger partial charge in [0.05, 0.1) is 26.4 Å².